The standard InChI is InChI=1S/C2H6O3S.Na.H/c1-2-5-6(3)4;;/h6H,2H2,1H3;;. The molecule has 0 saturated carbocycles. The summed E-state index contributed by atoms with van der Waals surface area (Å²) in [6.07, 6.45) is 0. The predicted molar refractivity (Wildman–Crippen MR) is 29.1 cm³/mol. The summed E-state index contributed by atoms with van der Waals surface area (Å²) in [6.45, 7) is 1.85. The van der Waals surface area contributed by atoms with Crippen LogP contribution in [-0.2, 0) is 15.2 Å². The molecule has 0 rings (SSSR count). The van der Waals surface area contributed by atoms with Crippen LogP contribution in [0.25, 0.3) is 0 Å². The molecule has 3 nitrogen and oxygen atoms in total. The van der Waals surface area contributed by atoms with Crippen molar-refractivity contribution in [1.29, 1.82) is 0 Å². The van der Waals surface area contributed by atoms with E-state index in [1.807, 2.05) is 0 Å². The van der Waals surface area contributed by atoms with Gasteiger partial charge in [0, 0.05) is 0 Å². The molecule has 0 spiro atoms. The van der Waals surface area contributed by atoms with E-state index in [1.54, 1.807) is 6.92 Å². The van der Waals surface area contributed by atoms with E-state index in [-0.39, 0.29) is 36.2 Å². The van der Waals surface area contributed by atoms with Crippen molar-refractivity contribution < 1.29 is 12.6 Å². The van der Waals surface area contributed by atoms with E-state index in [9.17, 15) is 8.42 Å². The second kappa shape index (κ2) is 6.91. The molecule has 0 saturated heterocycles. The molecule has 0 atom stereocenters. The summed E-state index contributed by atoms with van der Waals surface area (Å²) < 4.78 is 22.8. The predicted octanol–water partition coefficient (Wildman–Crippen LogP) is -1.10. The van der Waals surface area contributed by atoms with Crippen LogP contribution in [0.15, 0.2) is 0 Å². The Kier molecular flexibility index (Phi) is 10.7. The fourth-order valence-corrected chi connectivity index (χ4v) is 0.316. The fourth-order valence-electron chi connectivity index (χ4n) is 0.105. The van der Waals surface area contributed by atoms with E-state index in [4.69, 9.17) is 0 Å². The summed E-state index contributed by atoms with van der Waals surface area (Å²) in [5, 5.41) is 0. The van der Waals surface area contributed by atoms with Gasteiger partial charge in [-0.05, 0) is 6.92 Å². The van der Waals surface area contributed by atoms with Crippen LogP contribution < -0.4 is 0 Å². The molecule has 0 aliphatic carbocycles. The Labute approximate surface area is 66.5 Å². The Morgan fingerprint density at radius 2 is 2.00 bits per heavy atom. The first-order valence-electron chi connectivity index (χ1n) is 1.54. The molecule has 0 aliphatic rings. The van der Waals surface area contributed by atoms with Gasteiger partial charge in [-0.3, -0.25) is 4.18 Å². The Balaban J connectivity index is 0. The van der Waals surface area contributed by atoms with Gasteiger partial charge in [0.1, 0.15) is 0 Å². The van der Waals surface area contributed by atoms with Gasteiger partial charge in [0.05, 0.1) is 6.61 Å². The van der Waals surface area contributed by atoms with Crippen molar-refractivity contribution >= 4 is 40.5 Å². The second-order valence-electron chi connectivity index (χ2n) is 0.641. The first-order valence-corrected chi connectivity index (χ1v) is 2.64. The summed E-state index contributed by atoms with van der Waals surface area (Å²) >= 11 is 0. The zero-order valence-corrected chi connectivity index (χ0v) is 4.27. The topological polar surface area (TPSA) is 43.4 Å². The van der Waals surface area contributed by atoms with Gasteiger partial charge < -0.3 is 0 Å². The normalized spacial score (nSPS) is 8.29. The quantitative estimate of drug-likeness (QED) is 0.385. The Morgan fingerprint density at radius 1 is 1.57 bits per heavy atom. The van der Waals surface area contributed by atoms with Crippen molar-refractivity contribution in [1.82, 2.24) is 0 Å². The molecule has 0 bridgehead atoms. The SMILES string of the molecule is CCO[SH](=O)=O.[NaH]. The fraction of sp³-hybridized carbons (Fsp3) is 1.00. The number of hydrogen-bond donors (Lipinski definition) is 1. The molecule has 0 amide bonds. The molecule has 0 aromatic carbocycles. The molecular formula is C2H7NaO3S. The van der Waals surface area contributed by atoms with E-state index in [1.165, 1.54) is 0 Å². The summed E-state index contributed by atoms with van der Waals surface area (Å²) in [4.78, 5) is 0. The van der Waals surface area contributed by atoms with Crippen molar-refractivity contribution in [3.05, 3.63) is 0 Å². The average Bonchev–Trinajstić information content (AvgIpc) is 1.35. The van der Waals surface area contributed by atoms with Gasteiger partial charge in [-0.2, -0.15) is 0 Å². The van der Waals surface area contributed by atoms with Crippen LogP contribution in [0, 0.1) is 0 Å². The number of hydrogen-bond acceptors (Lipinski definition) is 3. The van der Waals surface area contributed by atoms with Crippen molar-refractivity contribution in [2.75, 3.05) is 6.61 Å². The van der Waals surface area contributed by atoms with Gasteiger partial charge in [0.2, 0.25) is 0 Å². The molecule has 0 heterocycles. The van der Waals surface area contributed by atoms with E-state index in [0.29, 0.717) is 0 Å². The molecule has 40 valence electrons. The number of thiol groups is 1. The van der Waals surface area contributed by atoms with Crippen LogP contribution in [0.4, 0.5) is 0 Å². The van der Waals surface area contributed by atoms with E-state index in [2.05, 4.69) is 4.18 Å². The van der Waals surface area contributed by atoms with Crippen LogP contribution in [0.1, 0.15) is 6.92 Å². The van der Waals surface area contributed by atoms with Gasteiger partial charge in [-0.1, -0.05) is 0 Å². The van der Waals surface area contributed by atoms with Crippen LogP contribution in [0.5, 0.6) is 0 Å². The third kappa shape index (κ3) is 10.9. The van der Waals surface area contributed by atoms with Crippen LogP contribution >= 0.6 is 0 Å². The Hall–Kier alpha value is 0.910. The molecule has 7 heavy (non-hydrogen) atoms. The van der Waals surface area contributed by atoms with Crippen LogP contribution in [0.2, 0.25) is 0 Å². The van der Waals surface area contributed by atoms with Crippen molar-refractivity contribution in [2.45, 2.75) is 6.92 Å². The average molecular weight is 134 g/mol. The Bertz CT molecular complexity index is 80.9. The van der Waals surface area contributed by atoms with E-state index < -0.39 is 11.0 Å². The maximum atomic E-state index is 9.41. The molecule has 0 aromatic heterocycles. The summed E-state index contributed by atoms with van der Waals surface area (Å²) in [7, 11) is -2.60. The van der Waals surface area contributed by atoms with Crippen molar-refractivity contribution in [3.63, 3.8) is 0 Å². The second-order valence-corrected chi connectivity index (χ2v) is 1.35. The zero-order chi connectivity index (χ0) is 4.99. The third-order valence-electron chi connectivity index (χ3n) is 0.235. The molecule has 0 aromatic rings. The Morgan fingerprint density at radius 3 is 2.00 bits per heavy atom. The van der Waals surface area contributed by atoms with Gasteiger partial charge in [-0.25, -0.2) is 8.42 Å². The summed E-state index contributed by atoms with van der Waals surface area (Å²) in [6, 6.07) is 0. The molecule has 0 N–H and O–H groups in total. The molecule has 0 fully saturated rings. The summed E-state index contributed by atoms with van der Waals surface area (Å²) in [5.41, 5.74) is 0. The van der Waals surface area contributed by atoms with E-state index >= 15 is 0 Å². The number of rotatable bonds is 2. The molecular weight excluding hydrogens is 127 g/mol. The molecule has 0 unspecified atom stereocenters. The van der Waals surface area contributed by atoms with Gasteiger partial charge in [0.25, 0.3) is 11.0 Å². The van der Waals surface area contributed by atoms with Crippen molar-refractivity contribution in [2.24, 2.45) is 0 Å². The van der Waals surface area contributed by atoms with Crippen molar-refractivity contribution in [3.8, 4) is 0 Å². The van der Waals surface area contributed by atoms with Gasteiger partial charge in [0.15, 0.2) is 0 Å². The summed E-state index contributed by atoms with van der Waals surface area (Å²) in [5.74, 6) is 0. The first-order chi connectivity index (χ1) is 2.77. The molecule has 0 radical (unpaired) electrons. The first kappa shape index (κ1) is 10.8. The van der Waals surface area contributed by atoms with Crippen LogP contribution in [-0.4, -0.2) is 44.6 Å². The molecule has 5 heteroatoms. The zero-order valence-electron chi connectivity index (χ0n) is 3.38. The van der Waals surface area contributed by atoms with Gasteiger partial charge >= 0.3 is 29.6 Å². The maximum absolute atomic E-state index is 9.41. The minimum atomic E-state index is -2.60. The van der Waals surface area contributed by atoms with E-state index in [0.717, 1.165) is 0 Å². The van der Waals surface area contributed by atoms with Gasteiger partial charge in [-0.15, -0.1) is 0 Å². The third-order valence-corrected chi connectivity index (χ3v) is 0.704. The van der Waals surface area contributed by atoms with Crippen LogP contribution in [0.3, 0.4) is 0 Å². The monoisotopic (exact) mass is 134 g/mol. The molecule has 0 aliphatic heterocycles. The minimum absolute atomic E-state index is 0.